The van der Waals surface area contributed by atoms with Gasteiger partial charge in [-0.3, -0.25) is 0 Å². The molecule has 0 unspecified atom stereocenters. The molecule has 4 aromatic rings. The van der Waals surface area contributed by atoms with E-state index in [2.05, 4.69) is 15.3 Å². The molecule has 0 atom stereocenters. The smallest absolute Gasteiger partial charge is 0.340 e. The third-order valence-electron chi connectivity index (χ3n) is 4.80. The van der Waals surface area contributed by atoms with Gasteiger partial charge in [-0.05, 0) is 55.8 Å². The fraction of sp³-hybridized carbons (Fsp3) is 0.0952. The molecule has 2 aromatic carbocycles. The summed E-state index contributed by atoms with van der Waals surface area (Å²) < 4.78 is 41.8. The first kappa shape index (κ1) is 21.7. The molecule has 32 heavy (non-hydrogen) atoms. The van der Waals surface area contributed by atoms with Crippen molar-refractivity contribution in [3.05, 3.63) is 76.5 Å². The maximum atomic E-state index is 14.1. The zero-order chi connectivity index (χ0) is 23.2. The first-order chi connectivity index (χ1) is 15.1. The third-order valence-corrected chi connectivity index (χ3v) is 6.78. The van der Waals surface area contributed by atoms with Gasteiger partial charge in [-0.1, -0.05) is 23.8 Å². The summed E-state index contributed by atoms with van der Waals surface area (Å²) in [4.78, 5) is 19.7. The Kier molecular flexibility index (Phi) is 5.35. The minimum Gasteiger partial charge on any atom is -0.478 e. The highest BCUT2D eigenvalue weighted by atomic mass is 35.5. The maximum Gasteiger partial charge on any atom is 0.340 e. The lowest BCUT2D eigenvalue weighted by Gasteiger charge is -2.12. The van der Waals surface area contributed by atoms with Gasteiger partial charge in [0.05, 0.1) is 16.0 Å². The lowest BCUT2D eigenvalue weighted by molar-refractivity contribution is 0.0693. The molecule has 11 heteroatoms. The average molecular weight is 475 g/mol. The quantitative estimate of drug-likeness (QED) is 0.409. The summed E-state index contributed by atoms with van der Waals surface area (Å²) in [6, 6.07) is 11.6. The Morgan fingerprint density at radius 2 is 1.81 bits per heavy atom. The predicted molar refractivity (Wildman–Crippen MR) is 118 cm³/mol. The lowest BCUT2D eigenvalue weighted by Crippen LogP contribution is -2.15. The molecule has 4 rings (SSSR count). The second kappa shape index (κ2) is 7.88. The molecule has 0 aliphatic rings. The van der Waals surface area contributed by atoms with Crippen LogP contribution in [0.1, 0.15) is 21.6 Å². The van der Waals surface area contributed by atoms with Crippen molar-refractivity contribution >= 4 is 50.1 Å². The van der Waals surface area contributed by atoms with Gasteiger partial charge in [0.2, 0.25) is 5.28 Å². The van der Waals surface area contributed by atoms with Gasteiger partial charge >= 0.3 is 5.97 Å². The minimum atomic E-state index is -4.02. The molecule has 0 radical (unpaired) electrons. The molecule has 0 aliphatic heterocycles. The lowest BCUT2D eigenvalue weighted by atomic mass is 10.1. The van der Waals surface area contributed by atoms with E-state index in [0.717, 1.165) is 15.6 Å². The molecule has 2 aromatic heterocycles. The number of benzene rings is 2. The van der Waals surface area contributed by atoms with Gasteiger partial charge in [-0.25, -0.2) is 21.6 Å². The van der Waals surface area contributed by atoms with E-state index in [-0.39, 0.29) is 32.7 Å². The number of carboxylic acid groups (broad SMARTS) is 1. The Labute approximate surface area is 187 Å². The van der Waals surface area contributed by atoms with Crippen molar-refractivity contribution in [3.63, 3.8) is 0 Å². The van der Waals surface area contributed by atoms with E-state index >= 15 is 0 Å². The van der Waals surface area contributed by atoms with Crippen LogP contribution in [0.25, 0.3) is 11.0 Å². The summed E-state index contributed by atoms with van der Waals surface area (Å²) in [6.45, 7) is 3.42. The number of aryl methyl sites for hydroxylation is 2. The van der Waals surface area contributed by atoms with Gasteiger partial charge < -0.3 is 10.4 Å². The highest BCUT2D eigenvalue weighted by Crippen LogP contribution is 2.32. The average Bonchev–Trinajstić information content (AvgIpc) is 3.04. The minimum absolute atomic E-state index is 0.00106. The summed E-state index contributed by atoms with van der Waals surface area (Å²) in [5.74, 6) is -2.37. The van der Waals surface area contributed by atoms with Crippen LogP contribution in [0.2, 0.25) is 5.28 Å². The van der Waals surface area contributed by atoms with Crippen molar-refractivity contribution in [1.82, 2.24) is 13.9 Å². The zero-order valence-electron chi connectivity index (χ0n) is 16.8. The van der Waals surface area contributed by atoms with Crippen LogP contribution in [-0.4, -0.2) is 33.4 Å². The Bertz CT molecular complexity index is 1480. The summed E-state index contributed by atoms with van der Waals surface area (Å²) in [5.41, 5.74) is 0.579. The molecule has 0 bridgehead atoms. The molecule has 0 aliphatic carbocycles. The normalized spacial score (nSPS) is 11.6. The van der Waals surface area contributed by atoms with Crippen LogP contribution in [0.15, 0.2) is 53.4 Å². The number of carboxylic acids is 1. The monoisotopic (exact) mass is 474 g/mol. The van der Waals surface area contributed by atoms with Gasteiger partial charge in [-0.15, -0.1) is 0 Å². The zero-order valence-corrected chi connectivity index (χ0v) is 18.4. The first-order valence-electron chi connectivity index (χ1n) is 9.26. The van der Waals surface area contributed by atoms with E-state index in [4.69, 9.17) is 11.6 Å². The van der Waals surface area contributed by atoms with Crippen LogP contribution in [0.3, 0.4) is 0 Å². The van der Waals surface area contributed by atoms with Gasteiger partial charge in [0.25, 0.3) is 10.0 Å². The predicted octanol–water partition coefficient (Wildman–Crippen LogP) is 4.52. The largest absolute Gasteiger partial charge is 0.478 e. The van der Waals surface area contributed by atoms with Gasteiger partial charge in [0, 0.05) is 5.69 Å². The highest BCUT2D eigenvalue weighted by molar-refractivity contribution is 7.90. The van der Waals surface area contributed by atoms with E-state index in [9.17, 15) is 22.7 Å². The summed E-state index contributed by atoms with van der Waals surface area (Å²) >= 11 is 6.06. The number of nitrogens with zero attached hydrogens (tertiary/aromatic N) is 3. The number of hydrogen-bond donors (Lipinski definition) is 2. The molecular formula is C21H16ClFN4O4S. The molecule has 164 valence electrons. The maximum absolute atomic E-state index is 14.1. The van der Waals surface area contributed by atoms with Gasteiger partial charge in [0.1, 0.15) is 17.2 Å². The number of aromatic carboxylic acids is 1. The molecule has 2 N–H and O–H groups in total. The van der Waals surface area contributed by atoms with Gasteiger partial charge in [-0.2, -0.15) is 9.97 Å². The van der Waals surface area contributed by atoms with E-state index in [1.54, 1.807) is 19.1 Å². The summed E-state index contributed by atoms with van der Waals surface area (Å²) in [6.07, 6.45) is 0. The van der Waals surface area contributed by atoms with Crippen molar-refractivity contribution in [2.45, 2.75) is 18.7 Å². The number of rotatable bonds is 5. The number of carbonyl (C=O) groups is 1. The van der Waals surface area contributed by atoms with Crippen molar-refractivity contribution in [3.8, 4) is 0 Å². The Balaban J connectivity index is 1.92. The Morgan fingerprint density at radius 3 is 2.47 bits per heavy atom. The van der Waals surface area contributed by atoms with Crippen LogP contribution in [0.5, 0.6) is 0 Å². The number of hydrogen-bond acceptors (Lipinski definition) is 6. The van der Waals surface area contributed by atoms with Crippen molar-refractivity contribution in [2.75, 3.05) is 5.32 Å². The Morgan fingerprint density at radius 1 is 1.12 bits per heavy atom. The number of halogens is 2. The summed E-state index contributed by atoms with van der Waals surface area (Å²) in [7, 11) is -4.02. The third kappa shape index (κ3) is 3.67. The number of fused-ring (bicyclic) bond motifs is 1. The van der Waals surface area contributed by atoms with E-state index in [1.165, 1.54) is 30.3 Å². The van der Waals surface area contributed by atoms with Crippen LogP contribution in [0, 0.1) is 19.7 Å². The molecule has 2 heterocycles. The molecule has 0 saturated carbocycles. The molecule has 0 spiro atoms. The molecule has 0 fully saturated rings. The summed E-state index contributed by atoms with van der Waals surface area (Å²) in [5, 5.41) is 12.1. The number of anilines is 2. The Hall–Kier alpha value is -3.50. The molecule has 8 nitrogen and oxygen atoms in total. The molecule has 0 saturated heterocycles. The fourth-order valence-electron chi connectivity index (χ4n) is 3.34. The molecule has 0 amide bonds. The van der Waals surface area contributed by atoms with Crippen molar-refractivity contribution in [2.24, 2.45) is 0 Å². The van der Waals surface area contributed by atoms with Crippen LogP contribution in [0.4, 0.5) is 15.9 Å². The van der Waals surface area contributed by atoms with Crippen LogP contribution in [-0.2, 0) is 10.0 Å². The first-order valence-corrected chi connectivity index (χ1v) is 11.1. The van der Waals surface area contributed by atoms with E-state index in [1.807, 2.05) is 6.92 Å². The number of nitrogens with one attached hydrogen (secondary N) is 1. The second-order valence-corrected chi connectivity index (χ2v) is 9.16. The number of aromatic nitrogens is 3. The van der Waals surface area contributed by atoms with E-state index in [0.29, 0.717) is 5.69 Å². The van der Waals surface area contributed by atoms with E-state index < -0.39 is 27.4 Å². The van der Waals surface area contributed by atoms with Gasteiger partial charge in [0.15, 0.2) is 5.65 Å². The standard InChI is InChI=1S/C21H16ClFN4O4S/c1-11-6-8-13(9-7-11)32(30,31)27-12(2)10-14-18(25-21(22)26-19(14)27)24-16-5-3-4-15(23)17(16)20(28)29/h3-10H,1-2H3,(H,28,29)(H,24,25,26). The molecular weight excluding hydrogens is 459 g/mol. The second-order valence-electron chi connectivity index (χ2n) is 7.04. The van der Waals surface area contributed by atoms with Crippen molar-refractivity contribution in [1.29, 1.82) is 0 Å². The fourth-order valence-corrected chi connectivity index (χ4v) is 4.99. The van der Waals surface area contributed by atoms with Crippen molar-refractivity contribution < 1.29 is 22.7 Å². The topological polar surface area (TPSA) is 114 Å². The van der Waals surface area contributed by atoms with Crippen LogP contribution >= 0.6 is 11.6 Å². The highest BCUT2D eigenvalue weighted by Gasteiger charge is 2.25. The SMILES string of the molecule is Cc1ccc(S(=O)(=O)n2c(C)cc3c(Nc4cccc(F)c4C(=O)O)nc(Cl)nc32)cc1. The van der Waals surface area contributed by atoms with Crippen LogP contribution < -0.4 is 5.32 Å².